The molecule has 1 heterocycles. The van der Waals surface area contributed by atoms with Gasteiger partial charge in [0.25, 0.3) is 0 Å². The Labute approximate surface area is 79.1 Å². The molecule has 0 aromatic rings. The van der Waals surface area contributed by atoms with Gasteiger partial charge in [-0.2, -0.15) is 0 Å². The Hall–Kier alpha value is -0.160. The van der Waals surface area contributed by atoms with E-state index in [1.54, 1.807) is 21.3 Å². The predicted molar refractivity (Wildman–Crippen MR) is 47.8 cm³/mol. The molecular formula is C9H18O4. The molecule has 4 nitrogen and oxygen atoms in total. The van der Waals surface area contributed by atoms with Crippen LogP contribution in [0, 0.1) is 0 Å². The second kappa shape index (κ2) is 5.54. The van der Waals surface area contributed by atoms with Crippen molar-refractivity contribution in [1.29, 1.82) is 0 Å². The fraction of sp³-hybridized carbons (Fsp3) is 1.00. The minimum absolute atomic E-state index is 0.0511. The van der Waals surface area contributed by atoms with Crippen LogP contribution in [0.3, 0.4) is 0 Å². The van der Waals surface area contributed by atoms with Gasteiger partial charge < -0.3 is 18.9 Å². The molecule has 0 bridgehead atoms. The molecule has 1 rings (SSSR count). The molecule has 1 aliphatic rings. The van der Waals surface area contributed by atoms with Crippen LogP contribution < -0.4 is 0 Å². The normalized spacial score (nSPS) is 33.9. The van der Waals surface area contributed by atoms with Gasteiger partial charge >= 0.3 is 0 Å². The van der Waals surface area contributed by atoms with Crippen molar-refractivity contribution in [3.63, 3.8) is 0 Å². The Morgan fingerprint density at radius 2 is 1.85 bits per heavy atom. The summed E-state index contributed by atoms with van der Waals surface area (Å²) in [6.07, 6.45) is 1.23. The zero-order valence-electron chi connectivity index (χ0n) is 8.49. The summed E-state index contributed by atoms with van der Waals surface area (Å²) in [5.74, 6) is 0. The van der Waals surface area contributed by atoms with Gasteiger partial charge in [0.1, 0.15) is 6.10 Å². The van der Waals surface area contributed by atoms with Gasteiger partial charge in [-0.15, -0.1) is 0 Å². The summed E-state index contributed by atoms with van der Waals surface area (Å²) >= 11 is 0. The van der Waals surface area contributed by atoms with Crippen LogP contribution in [0.15, 0.2) is 0 Å². The van der Waals surface area contributed by atoms with Crippen LogP contribution in [0.25, 0.3) is 0 Å². The van der Waals surface area contributed by atoms with Crippen molar-refractivity contribution in [1.82, 2.24) is 0 Å². The fourth-order valence-corrected chi connectivity index (χ4v) is 1.65. The third-order valence-corrected chi connectivity index (χ3v) is 2.26. The Morgan fingerprint density at radius 3 is 2.38 bits per heavy atom. The summed E-state index contributed by atoms with van der Waals surface area (Å²) in [5.41, 5.74) is 0. The molecule has 78 valence electrons. The monoisotopic (exact) mass is 190 g/mol. The van der Waals surface area contributed by atoms with Crippen LogP contribution in [-0.4, -0.2) is 52.9 Å². The topological polar surface area (TPSA) is 36.9 Å². The van der Waals surface area contributed by atoms with Crippen molar-refractivity contribution in [2.24, 2.45) is 0 Å². The van der Waals surface area contributed by atoms with E-state index in [4.69, 9.17) is 18.9 Å². The van der Waals surface area contributed by atoms with E-state index < -0.39 is 0 Å². The molecule has 4 heteroatoms. The molecule has 1 saturated heterocycles. The summed E-state index contributed by atoms with van der Waals surface area (Å²) in [6, 6.07) is 0. The Kier molecular flexibility index (Phi) is 4.66. The number of hydrogen-bond acceptors (Lipinski definition) is 4. The van der Waals surface area contributed by atoms with Crippen LogP contribution in [0.2, 0.25) is 0 Å². The van der Waals surface area contributed by atoms with E-state index in [0.29, 0.717) is 13.2 Å². The van der Waals surface area contributed by atoms with Crippen molar-refractivity contribution in [3.05, 3.63) is 0 Å². The van der Waals surface area contributed by atoms with Crippen LogP contribution >= 0.6 is 0 Å². The molecule has 0 aromatic heterocycles. The van der Waals surface area contributed by atoms with Gasteiger partial charge in [0.15, 0.2) is 0 Å². The van der Waals surface area contributed by atoms with E-state index in [9.17, 15) is 0 Å². The zero-order chi connectivity index (χ0) is 9.68. The number of hydrogen-bond donors (Lipinski definition) is 0. The summed E-state index contributed by atoms with van der Waals surface area (Å²) in [5, 5.41) is 0. The lowest BCUT2D eigenvalue weighted by Gasteiger charge is -2.15. The Bertz CT molecular complexity index is 140. The fourth-order valence-electron chi connectivity index (χ4n) is 1.65. The average molecular weight is 190 g/mol. The molecular weight excluding hydrogens is 172 g/mol. The lowest BCUT2D eigenvalue weighted by molar-refractivity contribution is -0.0571. The van der Waals surface area contributed by atoms with Gasteiger partial charge in [-0.05, 0) is 0 Å². The molecule has 13 heavy (non-hydrogen) atoms. The van der Waals surface area contributed by atoms with Gasteiger partial charge in [0.05, 0.1) is 25.4 Å². The Balaban J connectivity index is 2.36. The third-order valence-electron chi connectivity index (χ3n) is 2.26. The highest BCUT2D eigenvalue weighted by Crippen LogP contribution is 2.23. The second-order valence-electron chi connectivity index (χ2n) is 3.22. The smallest absolute Gasteiger partial charge is 0.107 e. The van der Waals surface area contributed by atoms with E-state index in [1.165, 1.54) is 0 Å². The molecule has 1 fully saturated rings. The minimum atomic E-state index is 0.0511. The molecule has 0 amide bonds. The number of methoxy groups -OCH3 is 3. The van der Waals surface area contributed by atoms with Gasteiger partial charge in [0.2, 0.25) is 0 Å². The first-order chi connectivity index (χ1) is 6.31. The summed E-state index contributed by atoms with van der Waals surface area (Å²) in [4.78, 5) is 0. The third kappa shape index (κ3) is 2.91. The number of rotatable bonds is 5. The van der Waals surface area contributed by atoms with Crippen molar-refractivity contribution in [3.8, 4) is 0 Å². The predicted octanol–water partition coefficient (Wildman–Crippen LogP) is 0.452. The van der Waals surface area contributed by atoms with Gasteiger partial charge in [-0.25, -0.2) is 0 Å². The van der Waals surface area contributed by atoms with Crippen molar-refractivity contribution < 1.29 is 18.9 Å². The van der Waals surface area contributed by atoms with Crippen LogP contribution in [0.4, 0.5) is 0 Å². The average Bonchev–Trinajstić information content (AvgIpc) is 2.49. The van der Waals surface area contributed by atoms with Crippen LogP contribution in [0.5, 0.6) is 0 Å². The SMILES string of the molecule is COCC1C[C@H](OC)C(COC)O1. The molecule has 0 saturated carbocycles. The standard InChI is InChI=1S/C9H18O4/c1-10-5-7-4-8(12-3)9(13-7)6-11-2/h7-9H,4-6H2,1-3H3/t7?,8-,9?/m0/s1. The zero-order valence-corrected chi connectivity index (χ0v) is 8.49. The van der Waals surface area contributed by atoms with E-state index >= 15 is 0 Å². The highest BCUT2D eigenvalue weighted by Gasteiger charge is 2.35. The Morgan fingerprint density at radius 1 is 1.15 bits per heavy atom. The largest absolute Gasteiger partial charge is 0.382 e. The van der Waals surface area contributed by atoms with E-state index in [2.05, 4.69) is 0 Å². The second-order valence-corrected chi connectivity index (χ2v) is 3.22. The number of ether oxygens (including phenoxy) is 4. The van der Waals surface area contributed by atoms with E-state index in [1.807, 2.05) is 0 Å². The maximum atomic E-state index is 5.67. The molecule has 0 aliphatic carbocycles. The van der Waals surface area contributed by atoms with Crippen molar-refractivity contribution in [2.75, 3.05) is 34.5 Å². The first-order valence-electron chi connectivity index (χ1n) is 4.48. The van der Waals surface area contributed by atoms with Gasteiger partial charge in [-0.1, -0.05) is 0 Å². The maximum absolute atomic E-state index is 5.67. The van der Waals surface area contributed by atoms with E-state index in [-0.39, 0.29) is 18.3 Å². The minimum Gasteiger partial charge on any atom is -0.382 e. The van der Waals surface area contributed by atoms with Crippen molar-refractivity contribution >= 4 is 0 Å². The molecule has 0 N–H and O–H groups in total. The lowest BCUT2D eigenvalue weighted by atomic mass is 10.1. The molecule has 3 atom stereocenters. The summed E-state index contributed by atoms with van der Waals surface area (Å²) < 4.78 is 21.0. The van der Waals surface area contributed by atoms with Crippen LogP contribution in [0.1, 0.15) is 6.42 Å². The molecule has 0 aromatic carbocycles. The highest BCUT2D eigenvalue weighted by atomic mass is 16.6. The van der Waals surface area contributed by atoms with Gasteiger partial charge in [-0.3, -0.25) is 0 Å². The quantitative estimate of drug-likeness (QED) is 0.631. The van der Waals surface area contributed by atoms with Crippen molar-refractivity contribution in [2.45, 2.75) is 24.7 Å². The molecule has 0 spiro atoms. The summed E-state index contributed by atoms with van der Waals surface area (Å²) in [7, 11) is 5.04. The summed E-state index contributed by atoms with van der Waals surface area (Å²) in [6.45, 7) is 1.21. The first-order valence-corrected chi connectivity index (χ1v) is 4.48. The maximum Gasteiger partial charge on any atom is 0.107 e. The molecule has 0 radical (unpaired) electrons. The highest BCUT2D eigenvalue weighted by molar-refractivity contribution is 4.82. The van der Waals surface area contributed by atoms with Gasteiger partial charge in [0, 0.05) is 27.8 Å². The lowest BCUT2D eigenvalue weighted by Crippen LogP contribution is -2.27. The first kappa shape index (κ1) is 10.9. The molecule has 2 unspecified atom stereocenters. The van der Waals surface area contributed by atoms with Crippen LogP contribution in [-0.2, 0) is 18.9 Å². The molecule has 1 aliphatic heterocycles. The van der Waals surface area contributed by atoms with E-state index in [0.717, 1.165) is 6.42 Å².